The highest BCUT2D eigenvalue weighted by Gasteiger charge is 2.20. The van der Waals surface area contributed by atoms with Gasteiger partial charge in [0, 0.05) is 42.7 Å². The molecule has 4 aromatic rings. The van der Waals surface area contributed by atoms with Crippen molar-refractivity contribution in [2.75, 3.05) is 11.9 Å². The Bertz CT molecular complexity index is 1170. The van der Waals surface area contributed by atoms with Crippen LogP contribution in [0.15, 0.2) is 43.1 Å². The molecule has 0 radical (unpaired) electrons. The SMILES string of the molecule is Cc1cn2c(NCc3c(F)ccc4c3CCO4)ncc(-c3ccncn3)c2n1. The van der Waals surface area contributed by atoms with Crippen LogP contribution in [0.1, 0.15) is 16.8 Å². The molecule has 0 unspecified atom stereocenters. The molecule has 0 amide bonds. The number of benzene rings is 1. The first-order valence-electron chi connectivity index (χ1n) is 8.99. The van der Waals surface area contributed by atoms with Gasteiger partial charge in [-0.15, -0.1) is 0 Å². The summed E-state index contributed by atoms with van der Waals surface area (Å²) in [7, 11) is 0. The van der Waals surface area contributed by atoms with E-state index in [2.05, 4.69) is 25.3 Å². The lowest BCUT2D eigenvalue weighted by Crippen LogP contribution is -2.09. The average Bonchev–Trinajstić information content (AvgIpc) is 3.34. The standard InChI is InChI=1S/C20H17FN6O/c1-12-10-27-19(26-12)15(17-4-6-22-11-25-17)9-24-20(27)23-8-14-13-5-7-28-18(13)3-2-16(14)21/h2-4,6,9-11H,5,7-8H2,1H3,(H,23,24). The third-order valence-electron chi connectivity index (χ3n) is 4.83. The minimum Gasteiger partial charge on any atom is -0.493 e. The largest absolute Gasteiger partial charge is 0.493 e. The third kappa shape index (κ3) is 2.74. The molecule has 1 aliphatic rings. The number of rotatable bonds is 4. The maximum absolute atomic E-state index is 14.4. The molecule has 7 nitrogen and oxygen atoms in total. The molecule has 0 fully saturated rings. The summed E-state index contributed by atoms with van der Waals surface area (Å²) in [5.74, 6) is 1.10. The van der Waals surface area contributed by atoms with E-state index in [0.717, 1.165) is 33.9 Å². The van der Waals surface area contributed by atoms with Crippen molar-refractivity contribution in [1.29, 1.82) is 0 Å². The molecule has 8 heteroatoms. The lowest BCUT2D eigenvalue weighted by Gasteiger charge is -2.12. The van der Waals surface area contributed by atoms with Gasteiger partial charge in [-0.2, -0.15) is 0 Å². The van der Waals surface area contributed by atoms with Gasteiger partial charge in [0.15, 0.2) is 5.65 Å². The van der Waals surface area contributed by atoms with Crippen LogP contribution in [0, 0.1) is 12.7 Å². The van der Waals surface area contributed by atoms with Crippen molar-refractivity contribution in [2.24, 2.45) is 0 Å². The predicted octanol–water partition coefficient (Wildman–Crippen LogP) is 3.18. The molecule has 3 aromatic heterocycles. The maximum atomic E-state index is 14.4. The second kappa shape index (κ2) is 6.56. The smallest absolute Gasteiger partial charge is 0.208 e. The van der Waals surface area contributed by atoms with Crippen molar-refractivity contribution in [3.8, 4) is 17.0 Å². The number of hydrogen-bond acceptors (Lipinski definition) is 6. The molecular formula is C20H17FN6O. The van der Waals surface area contributed by atoms with Gasteiger partial charge in [-0.3, -0.25) is 4.40 Å². The van der Waals surface area contributed by atoms with Gasteiger partial charge >= 0.3 is 0 Å². The zero-order valence-corrected chi connectivity index (χ0v) is 15.2. The Hall–Kier alpha value is -3.55. The van der Waals surface area contributed by atoms with Crippen LogP contribution in [0.25, 0.3) is 16.9 Å². The minimum atomic E-state index is -0.243. The lowest BCUT2D eigenvalue weighted by molar-refractivity contribution is 0.356. The molecule has 0 aliphatic carbocycles. The summed E-state index contributed by atoms with van der Waals surface area (Å²) in [6.45, 7) is 2.81. The fourth-order valence-corrected chi connectivity index (χ4v) is 3.53. The average molecular weight is 376 g/mol. The van der Waals surface area contributed by atoms with Gasteiger partial charge in [0.1, 0.15) is 17.9 Å². The van der Waals surface area contributed by atoms with Crippen LogP contribution in [-0.4, -0.2) is 30.9 Å². The van der Waals surface area contributed by atoms with Crippen LogP contribution in [0.2, 0.25) is 0 Å². The second-order valence-electron chi connectivity index (χ2n) is 6.62. The normalized spacial score (nSPS) is 12.8. The van der Waals surface area contributed by atoms with E-state index in [9.17, 15) is 4.39 Å². The molecule has 4 heterocycles. The van der Waals surface area contributed by atoms with Crippen LogP contribution in [0.3, 0.4) is 0 Å². The molecule has 1 aliphatic heterocycles. The van der Waals surface area contributed by atoms with Crippen molar-refractivity contribution >= 4 is 11.6 Å². The number of fused-ring (bicyclic) bond motifs is 2. The van der Waals surface area contributed by atoms with Crippen LogP contribution in [-0.2, 0) is 13.0 Å². The minimum absolute atomic E-state index is 0.243. The Morgan fingerprint density at radius 3 is 3.04 bits per heavy atom. The Balaban J connectivity index is 1.52. The molecule has 5 rings (SSSR count). The third-order valence-corrected chi connectivity index (χ3v) is 4.83. The summed E-state index contributed by atoms with van der Waals surface area (Å²) in [6, 6.07) is 4.95. The van der Waals surface area contributed by atoms with Crippen molar-refractivity contribution < 1.29 is 9.13 Å². The van der Waals surface area contributed by atoms with Crippen molar-refractivity contribution in [2.45, 2.75) is 19.9 Å². The summed E-state index contributed by atoms with van der Waals surface area (Å²) < 4.78 is 21.8. The highest BCUT2D eigenvalue weighted by Crippen LogP contribution is 2.31. The van der Waals surface area contributed by atoms with Crippen LogP contribution in [0.5, 0.6) is 5.75 Å². The van der Waals surface area contributed by atoms with E-state index in [1.54, 1.807) is 18.5 Å². The number of anilines is 1. The monoisotopic (exact) mass is 376 g/mol. The zero-order valence-electron chi connectivity index (χ0n) is 15.2. The second-order valence-corrected chi connectivity index (χ2v) is 6.62. The summed E-state index contributed by atoms with van der Waals surface area (Å²) in [5, 5.41) is 3.25. The molecule has 0 atom stereocenters. The summed E-state index contributed by atoms with van der Waals surface area (Å²) in [4.78, 5) is 17.4. The summed E-state index contributed by atoms with van der Waals surface area (Å²) in [6.07, 6.45) is 7.51. The van der Waals surface area contributed by atoms with Crippen molar-refractivity contribution in [3.63, 3.8) is 0 Å². The molecule has 0 saturated carbocycles. The first-order chi connectivity index (χ1) is 13.7. The number of aryl methyl sites for hydroxylation is 1. The maximum Gasteiger partial charge on any atom is 0.208 e. The van der Waals surface area contributed by atoms with Crippen LogP contribution < -0.4 is 10.1 Å². The number of imidazole rings is 1. The zero-order chi connectivity index (χ0) is 19.1. The Morgan fingerprint density at radius 1 is 1.25 bits per heavy atom. The van der Waals surface area contributed by atoms with Crippen molar-refractivity contribution in [1.82, 2.24) is 24.3 Å². The molecule has 0 saturated heterocycles. The quantitative estimate of drug-likeness (QED) is 0.589. The number of halogens is 1. The predicted molar refractivity (Wildman–Crippen MR) is 102 cm³/mol. The first-order valence-corrected chi connectivity index (χ1v) is 8.99. The molecule has 1 N–H and O–H groups in total. The molecule has 28 heavy (non-hydrogen) atoms. The van der Waals surface area contributed by atoms with E-state index in [-0.39, 0.29) is 5.82 Å². The van der Waals surface area contributed by atoms with Gasteiger partial charge in [-0.25, -0.2) is 24.3 Å². The molecular weight excluding hydrogens is 359 g/mol. The Morgan fingerprint density at radius 2 is 2.18 bits per heavy atom. The fraction of sp³-hybridized carbons (Fsp3) is 0.200. The highest BCUT2D eigenvalue weighted by molar-refractivity contribution is 5.75. The van der Waals surface area contributed by atoms with Crippen molar-refractivity contribution in [3.05, 3.63) is 65.8 Å². The van der Waals surface area contributed by atoms with E-state index in [1.807, 2.05) is 23.6 Å². The summed E-state index contributed by atoms with van der Waals surface area (Å²) in [5.41, 5.74) is 4.67. The van der Waals surface area contributed by atoms with Crippen LogP contribution in [0.4, 0.5) is 10.3 Å². The number of ether oxygens (including phenoxy) is 1. The summed E-state index contributed by atoms with van der Waals surface area (Å²) >= 11 is 0. The molecule has 0 bridgehead atoms. The highest BCUT2D eigenvalue weighted by atomic mass is 19.1. The van der Waals surface area contributed by atoms with E-state index >= 15 is 0 Å². The number of aromatic nitrogens is 5. The van der Waals surface area contributed by atoms with Gasteiger partial charge in [0.05, 0.1) is 23.6 Å². The molecule has 0 spiro atoms. The number of nitrogens with zero attached hydrogens (tertiary/aromatic N) is 5. The van der Waals surface area contributed by atoms with E-state index in [0.29, 0.717) is 31.1 Å². The molecule has 1 aromatic carbocycles. The Labute approximate surface area is 160 Å². The van der Waals surface area contributed by atoms with Gasteiger partial charge in [0.25, 0.3) is 0 Å². The first kappa shape index (κ1) is 16.6. The van der Waals surface area contributed by atoms with Crippen LogP contribution >= 0.6 is 0 Å². The lowest BCUT2D eigenvalue weighted by atomic mass is 10.0. The number of hydrogen-bond donors (Lipinski definition) is 1. The fourth-order valence-electron chi connectivity index (χ4n) is 3.53. The van der Waals surface area contributed by atoms with E-state index < -0.39 is 0 Å². The van der Waals surface area contributed by atoms with Gasteiger partial charge in [-0.1, -0.05) is 0 Å². The number of nitrogens with one attached hydrogen (secondary N) is 1. The Kier molecular flexibility index (Phi) is 3.89. The van der Waals surface area contributed by atoms with Gasteiger partial charge in [-0.05, 0) is 25.1 Å². The van der Waals surface area contributed by atoms with Gasteiger partial charge in [0.2, 0.25) is 5.95 Å². The van der Waals surface area contributed by atoms with Gasteiger partial charge < -0.3 is 10.1 Å². The topological polar surface area (TPSA) is 77.2 Å². The van der Waals surface area contributed by atoms with E-state index in [4.69, 9.17) is 4.74 Å². The molecule has 140 valence electrons. The van der Waals surface area contributed by atoms with E-state index in [1.165, 1.54) is 12.4 Å².